The summed E-state index contributed by atoms with van der Waals surface area (Å²) < 4.78 is 50.3. The van der Waals surface area contributed by atoms with Crippen LogP contribution in [0, 0.1) is 23.0 Å². The number of piperidine rings is 1. The van der Waals surface area contributed by atoms with E-state index < -0.39 is 17.2 Å². The van der Waals surface area contributed by atoms with Gasteiger partial charge in [0.2, 0.25) is 0 Å². The molecule has 0 spiro atoms. The molecule has 2 N–H and O–H groups in total. The predicted molar refractivity (Wildman–Crippen MR) is 199 cm³/mol. The highest BCUT2D eigenvalue weighted by Crippen LogP contribution is 2.49. The van der Waals surface area contributed by atoms with Gasteiger partial charge in [0.15, 0.2) is 5.82 Å². The average Bonchev–Trinajstić information content (AvgIpc) is 3.51. The van der Waals surface area contributed by atoms with E-state index in [-0.39, 0.29) is 47.1 Å². The number of phenolic OH excluding ortho intramolecular Hbond substituents is 1. The maximum Gasteiger partial charge on any atom is 0.319 e. The molecule has 4 aliphatic rings. The van der Waals surface area contributed by atoms with Gasteiger partial charge in [-0.15, -0.1) is 0 Å². The quantitative estimate of drug-likeness (QED) is 0.201. The van der Waals surface area contributed by atoms with Gasteiger partial charge in [-0.2, -0.15) is 9.97 Å². The first-order chi connectivity index (χ1) is 25.6. The number of aromatic nitrogens is 3. The zero-order valence-corrected chi connectivity index (χ0v) is 31.0. The molecule has 1 aliphatic carbocycles. The van der Waals surface area contributed by atoms with Gasteiger partial charge in [-0.05, 0) is 106 Å². The Balaban J connectivity index is 1.20. The van der Waals surface area contributed by atoms with Gasteiger partial charge in [0, 0.05) is 49.0 Å². The first-order valence-electron chi connectivity index (χ1n) is 19.4. The normalized spacial score (nSPS) is 26.5. The van der Waals surface area contributed by atoms with Gasteiger partial charge in [0.1, 0.15) is 34.2 Å². The molecule has 4 aromatic rings. The summed E-state index contributed by atoms with van der Waals surface area (Å²) >= 11 is 0. The highest BCUT2D eigenvalue weighted by atomic mass is 19.1. The van der Waals surface area contributed by atoms with Crippen molar-refractivity contribution in [2.45, 2.75) is 89.8 Å². The number of rotatable bonds is 8. The van der Waals surface area contributed by atoms with Crippen LogP contribution in [0.25, 0.3) is 32.9 Å². The standard InChI is InChI=1S/C41H51F2N5O5/c1-4-29-32(42)9-8-27-19-28(49)20-30(34(27)29)36-35(43)37-31(21-44-36)38(47-15-18-52-23-40(3,50)22-47)46-39(45-37)53-24-41-12-5-7-33(41)48(14-6-13-41)25(2)26-10-16-51-17-11-26/h8-9,19-21,25-26,33,49-50H,4-7,10-18,22-24H2,1-3H3/t25?,33-,40+,41-/m1/s1. The first kappa shape index (κ1) is 36.3. The number of fused-ring (bicyclic) bond motifs is 3. The van der Waals surface area contributed by atoms with E-state index in [0.29, 0.717) is 71.7 Å². The van der Waals surface area contributed by atoms with Crippen LogP contribution < -0.4 is 9.64 Å². The van der Waals surface area contributed by atoms with E-state index in [1.807, 2.05) is 11.8 Å². The Bertz CT molecular complexity index is 1990. The first-order valence-corrected chi connectivity index (χ1v) is 19.4. The number of hydrogen-bond donors (Lipinski definition) is 2. The van der Waals surface area contributed by atoms with Gasteiger partial charge in [-0.1, -0.05) is 19.4 Å². The molecule has 0 radical (unpaired) electrons. The second-order valence-electron chi connectivity index (χ2n) is 16.0. The Kier molecular flexibility index (Phi) is 9.93. The average molecular weight is 732 g/mol. The summed E-state index contributed by atoms with van der Waals surface area (Å²) in [5.41, 5.74) is -0.608. The Morgan fingerprint density at radius 1 is 1.04 bits per heavy atom. The minimum atomic E-state index is -1.18. The zero-order valence-electron chi connectivity index (χ0n) is 31.0. The lowest BCUT2D eigenvalue weighted by Crippen LogP contribution is -2.56. The molecule has 3 aliphatic heterocycles. The number of benzene rings is 2. The van der Waals surface area contributed by atoms with E-state index in [1.54, 1.807) is 19.1 Å². The highest BCUT2D eigenvalue weighted by Gasteiger charge is 2.50. The fourth-order valence-corrected chi connectivity index (χ4v) is 9.84. The number of aromatic hydroxyl groups is 1. The van der Waals surface area contributed by atoms with Crippen molar-refractivity contribution in [1.29, 1.82) is 0 Å². The summed E-state index contributed by atoms with van der Waals surface area (Å²) in [5.74, 6) is -0.204. The summed E-state index contributed by atoms with van der Waals surface area (Å²) in [4.78, 5) is 18.8. The lowest BCUT2D eigenvalue weighted by Gasteiger charge is -2.50. The molecule has 2 aromatic carbocycles. The van der Waals surface area contributed by atoms with Crippen molar-refractivity contribution in [2.24, 2.45) is 11.3 Å². The summed E-state index contributed by atoms with van der Waals surface area (Å²) in [6, 6.07) is 6.81. The minimum absolute atomic E-state index is 0.00429. The third-order valence-corrected chi connectivity index (χ3v) is 12.5. The van der Waals surface area contributed by atoms with Crippen LogP contribution in [0.4, 0.5) is 14.6 Å². The smallest absolute Gasteiger partial charge is 0.319 e. The molecule has 8 rings (SSSR count). The van der Waals surface area contributed by atoms with Crippen molar-refractivity contribution < 1.29 is 33.2 Å². The number of ether oxygens (including phenoxy) is 3. The molecule has 284 valence electrons. The Morgan fingerprint density at radius 2 is 1.85 bits per heavy atom. The highest BCUT2D eigenvalue weighted by molar-refractivity contribution is 6.01. The fraction of sp³-hybridized carbons (Fsp3) is 0.585. The van der Waals surface area contributed by atoms with E-state index in [1.165, 1.54) is 18.3 Å². The number of likely N-dealkylation sites (tertiary alicyclic amines) is 1. The van der Waals surface area contributed by atoms with Crippen molar-refractivity contribution in [3.05, 3.63) is 47.7 Å². The minimum Gasteiger partial charge on any atom is -0.508 e. The maximum absolute atomic E-state index is 17.1. The van der Waals surface area contributed by atoms with Crippen molar-refractivity contribution in [1.82, 2.24) is 19.9 Å². The molecule has 12 heteroatoms. The predicted octanol–water partition coefficient (Wildman–Crippen LogP) is 6.81. The lowest BCUT2D eigenvalue weighted by molar-refractivity contribution is -0.0471. The molecule has 0 bridgehead atoms. The molecular weight excluding hydrogens is 680 g/mol. The fourth-order valence-electron chi connectivity index (χ4n) is 9.84. The van der Waals surface area contributed by atoms with E-state index in [0.717, 1.165) is 64.7 Å². The Hall–Kier alpha value is -3.71. The Labute approximate surface area is 309 Å². The molecule has 4 fully saturated rings. The zero-order chi connectivity index (χ0) is 36.9. The summed E-state index contributed by atoms with van der Waals surface area (Å²) in [6.45, 7) is 10.2. The van der Waals surface area contributed by atoms with Crippen molar-refractivity contribution in [3.63, 3.8) is 0 Å². The topological polar surface area (TPSA) is 113 Å². The SMILES string of the molecule is CCc1c(F)ccc2cc(O)cc(-c3ncc4c(N5CCOC[C@@](C)(O)C5)nc(OC[C@]56CCC[C@H]5N(C(C)C5CCOCC5)CCC6)nc4c3F)c12. The van der Waals surface area contributed by atoms with Crippen LogP contribution in [0.3, 0.4) is 0 Å². The van der Waals surface area contributed by atoms with Crippen molar-refractivity contribution in [2.75, 3.05) is 57.6 Å². The molecule has 1 saturated carbocycles. The number of pyridine rings is 1. The monoisotopic (exact) mass is 731 g/mol. The number of aryl methyl sites for hydroxylation is 1. The van der Waals surface area contributed by atoms with E-state index in [9.17, 15) is 10.2 Å². The van der Waals surface area contributed by atoms with Gasteiger partial charge in [-0.3, -0.25) is 9.88 Å². The molecule has 53 heavy (non-hydrogen) atoms. The molecule has 0 amide bonds. The molecular formula is C41H51F2N5O5. The second kappa shape index (κ2) is 14.5. The molecule has 1 unspecified atom stereocenters. The molecule has 4 atom stereocenters. The number of nitrogens with zero attached hydrogens (tertiary/aromatic N) is 5. The van der Waals surface area contributed by atoms with Gasteiger partial charge in [0.25, 0.3) is 0 Å². The summed E-state index contributed by atoms with van der Waals surface area (Å²) in [5, 5.41) is 23.2. The van der Waals surface area contributed by atoms with Crippen molar-refractivity contribution in [3.8, 4) is 23.0 Å². The van der Waals surface area contributed by atoms with Gasteiger partial charge in [-0.25, -0.2) is 8.78 Å². The lowest BCUT2D eigenvalue weighted by atomic mass is 9.74. The van der Waals surface area contributed by atoms with E-state index in [4.69, 9.17) is 24.2 Å². The van der Waals surface area contributed by atoms with E-state index in [2.05, 4.69) is 16.8 Å². The molecule has 5 heterocycles. The number of β-amino-alcohol motifs (C(OH)–C–C–N with tert-alkyl or cyclic N) is 1. The molecule has 10 nitrogen and oxygen atoms in total. The third kappa shape index (κ3) is 6.81. The van der Waals surface area contributed by atoms with Gasteiger partial charge in [0.05, 0.1) is 31.8 Å². The number of halogens is 2. The number of anilines is 1. The second-order valence-corrected chi connectivity index (χ2v) is 16.0. The number of aliphatic hydroxyl groups is 1. The van der Waals surface area contributed by atoms with Gasteiger partial charge < -0.3 is 29.3 Å². The van der Waals surface area contributed by atoms with Crippen LogP contribution in [0.5, 0.6) is 11.8 Å². The van der Waals surface area contributed by atoms with Crippen molar-refractivity contribution >= 4 is 27.5 Å². The van der Waals surface area contributed by atoms with Crippen LogP contribution >= 0.6 is 0 Å². The summed E-state index contributed by atoms with van der Waals surface area (Å²) in [7, 11) is 0. The maximum atomic E-state index is 17.1. The molecule has 2 aromatic heterocycles. The largest absolute Gasteiger partial charge is 0.508 e. The third-order valence-electron chi connectivity index (χ3n) is 12.5. The van der Waals surface area contributed by atoms with Crippen LogP contribution in [0.1, 0.15) is 71.3 Å². The molecule has 3 saturated heterocycles. The Morgan fingerprint density at radius 3 is 2.66 bits per heavy atom. The van der Waals surface area contributed by atoms with Crippen LogP contribution in [0.2, 0.25) is 0 Å². The van der Waals surface area contributed by atoms with Crippen LogP contribution in [-0.2, 0) is 15.9 Å². The van der Waals surface area contributed by atoms with Crippen LogP contribution in [0.15, 0.2) is 30.5 Å². The van der Waals surface area contributed by atoms with Gasteiger partial charge >= 0.3 is 6.01 Å². The number of hydrogen-bond acceptors (Lipinski definition) is 10. The summed E-state index contributed by atoms with van der Waals surface area (Å²) in [6.07, 6.45) is 9.49. The number of phenols is 1. The van der Waals surface area contributed by atoms with E-state index >= 15 is 8.78 Å². The van der Waals surface area contributed by atoms with Crippen LogP contribution in [-0.4, -0.2) is 100 Å².